The molecule has 112 valence electrons. The standard InChI is InChI=1S/C17H28N2O/c1-3-17-14-20-12-11-19(17)13-16-8-6-5-7-15(16)9-10-18-4-2/h5-8,17-18H,3-4,9-14H2,1-2H3. The second kappa shape index (κ2) is 8.40. The van der Waals surface area contributed by atoms with Gasteiger partial charge in [-0.15, -0.1) is 0 Å². The first-order valence-corrected chi connectivity index (χ1v) is 7.94. The molecule has 1 aromatic rings. The van der Waals surface area contributed by atoms with Crippen LogP contribution >= 0.6 is 0 Å². The largest absolute Gasteiger partial charge is 0.378 e. The van der Waals surface area contributed by atoms with Gasteiger partial charge in [-0.2, -0.15) is 0 Å². The minimum absolute atomic E-state index is 0.575. The van der Waals surface area contributed by atoms with E-state index in [1.165, 1.54) is 17.5 Å². The fraction of sp³-hybridized carbons (Fsp3) is 0.647. The quantitative estimate of drug-likeness (QED) is 0.774. The Bertz CT molecular complexity index is 394. The summed E-state index contributed by atoms with van der Waals surface area (Å²) in [6, 6.07) is 9.44. The highest BCUT2D eigenvalue weighted by atomic mass is 16.5. The molecule has 1 unspecified atom stereocenters. The van der Waals surface area contributed by atoms with Gasteiger partial charge in [0.2, 0.25) is 0 Å². The molecular weight excluding hydrogens is 248 g/mol. The van der Waals surface area contributed by atoms with Gasteiger partial charge in [0.25, 0.3) is 0 Å². The first-order chi connectivity index (χ1) is 9.85. The summed E-state index contributed by atoms with van der Waals surface area (Å²) < 4.78 is 5.60. The molecule has 1 saturated heterocycles. The summed E-state index contributed by atoms with van der Waals surface area (Å²) in [5, 5.41) is 3.41. The summed E-state index contributed by atoms with van der Waals surface area (Å²) in [4.78, 5) is 2.58. The van der Waals surface area contributed by atoms with E-state index >= 15 is 0 Å². The van der Waals surface area contributed by atoms with Gasteiger partial charge in [-0.25, -0.2) is 0 Å². The number of hydrogen-bond acceptors (Lipinski definition) is 3. The van der Waals surface area contributed by atoms with Crippen LogP contribution in [0.25, 0.3) is 0 Å². The lowest BCUT2D eigenvalue weighted by atomic mass is 10.0. The molecule has 3 heteroatoms. The average Bonchev–Trinajstić information content (AvgIpc) is 2.50. The summed E-state index contributed by atoms with van der Waals surface area (Å²) >= 11 is 0. The van der Waals surface area contributed by atoms with Crippen LogP contribution in [-0.2, 0) is 17.7 Å². The molecule has 0 saturated carbocycles. The number of nitrogens with zero attached hydrogens (tertiary/aromatic N) is 1. The van der Waals surface area contributed by atoms with E-state index < -0.39 is 0 Å². The maximum absolute atomic E-state index is 5.60. The van der Waals surface area contributed by atoms with Gasteiger partial charge in [0.05, 0.1) is 13.2 Å². The fourth-order valence-electron chi connectivity index (χ4n) is 2.85. The zero-order chi connectivity index (χ0) is 14.2. The van der Waals surface area contributed by atoms with Crippen molar-refractivity contribution in [3.63, 3.8) is 0 Å². The van der Waals surface area contributed by atoms with Crippen molar-refractivity contribution in [2.45, 2.75) is 39.3 Å². The van der Waals surface area contributed by atoms with Crippen LogP contribution < -0.4 is 5.32 Å². The highest BCUT2D eigenvalue weighted by Gasteiger charge is 2.21. The van der Waals surface area contributed by atoms with Crippen molar-refractivity contribution in [3.05, 3.63) is 35.4 Å². The zero-order valence-corrected chi connectivity index (χ0v) is 12.9. The van der Waals surface area contributed by atoms with Gasteiger partial charge in [-0.05, 0) is 37.1 Å². The van der Waals surface area contributed by atoms with Gasteiger partial charge in [0, 0.05) is 19.1 Å². The number of benzene rings is 1. The Hall–Kier alpha value is -0.900. The summed E-state index contributed by atoms with van der Waals surface area (Å²) in [6.07, 6.45) is 2.28. The van der Waals surface area contributed by atoms with Gasteiger partial charge in [0.1, 0.15) is 0 Å². The molecule has 2 rings (SSSR count). The van der Waals surface area contributed by atoms with Crippen LogP contribution in [-0.4, -0.2) is 43.8 Å². The van der Waals surface area contributed by atoms with Crippen LogP contribution in [0.2, 0.25) is 0 Å². The Morgan fingerprint density at radius 1 is 1.25 bits per heavy atom. The third-order valence-electron chi connectivity index (χ3n) is 4.13. The van der Waals surface area contributed by atoms with Crippen LogP contribution in [0.3, 0.4) is 0 Å². The number of morpholine rings is 1. The van der Waals surface area contributed by atoms with E-state index in [9.17, 15) is 0 Å². The second-order valence-corrected chi connectivity index (χ2v) is 5.48. The molecule has 1 fully saturated rings. The number of ether oxygens (including phenoxy) is 1. The van der Waals surface area contributed by atoms with E-state index in [0.29, 0.717) is 6.04 Å². The minimum atomic E-state index is 0.575. The Balaban J connectivity index is 2.00. The third-order valence-corrected chi connectivity index (χ3v) is 4.13. The Morgan fingerprint density at radius 3 is 2.80 bits per heavy atom. The van der Waals surface area contributed by atoms with Gasteiger partial charge >= 0.3 is 0 Å². The Morgan fingerprint density at radius 2 is 2.05 bits per heavy atom. The summed E-state index contributed by atoms with van der Waals surface area (Å²) in [5.41, 5.74) is 2.96. The SMILES string of the molecule is CCNCCc1ccccc1CN1CCOCC1CC. The molecule has 0 amide bonds. The van der Waals surface area contributed by atoms with Crippen LogP contribution in [0.5, 0.6) is 0 Å². The average molecular weight is 276 g/mol. The zero-order valence-electron chi connectivity index (χ0n) is 12.9. The normalized spacial score (nSPS) is 20.2. The number of rotatable bonds is 7. The van der Waals surface area contributed by atoms with Gasteiger partial charge in [-0.3, -0.25) is 4.90 Å². The second-order valence-electron chi connectivity index (χ2n) is 5.48. The topological polar surface area (TPSA) is 24.5 Å². The van der Waals surface area contributed by atoms with Gasteiger partial charge < -0.3 is 10.1 Å². The van der Waals surface area contributed by atoms with Crippen molar-refractivity contribution < 1.29 is 4.74 Å². The van der Waals surface area contributed by atoms with Gasteiger partial charge in [0.15, 0.2) is 0 Å². The van der Waals surface area contributed by atoms with Crippen molar-refractivity contribution in [3.8, 4) is 0 Å². The highest BCUT2D eigenvalue weighted by Crippen LogP contribution is 2.17. The fourth-order valence-corrected chi connectivity index (χ4v) is 2.85. The van der Waals surface area contributed by atoms with E-state index in [1.807, 2.05) is 0 Å². The maximum Gasteiger partial charge on any atom is 0.0622 e. The molecule has 1 N–H and O–H groups in total. The number of hydrogen-bond donors (Lipinski definition) is 1. The smallest absolute Gasteiger partial charge is 0.0622 e. The van der Waals surface area contributed by atoms with E-state index in [-0.39, 0.29) is 0 Å². The monoisotopic (exact) mass is 276 g/mol. The summed E-state index contributed by atoms with van der Waals surface area (Å²) in [6.45, 7) is 10.4. The molecular formula is C17H28N2O. The molecule has 1 aliphatic rings. The number of nitrogens with one attached hydrogen (secondary N) is 1. The molecule has 1 aliphatic heterocycles. The van der Waals surface area contributed by atoms with E-state index in [1.54, 1.807) is 0 Å². The van der Waals surface area contributed by atoms with Crippen molar-refractivity contribution in [2.24, 2.45) is 0 Å². The van der Waals surface area contributed by atoms with Crippen LogP contribution in [0.4, 0.5) is 0 Å². The molecule has 1 heterocycles. The predicted octanol–water partition coefficient (Wildman–Crippen LogP) is 2.45. The van der Waals surface area contributed by atoms with E-state index in [2.05, 4.69) is 48.3 Å². The third kappa shape index (κ3) is 4.30. The lowest BCUT2D eigenvalue weighted by Gasteiger charge is -2.35. The first-order valence-electron chi connectivity index (χ1n) is 7.94. The molecule has 3 nitrogen and oxygen atoms in total. The molecule has 0 aliphatic carbocycles. The molecule has 1 aromatic carbocycles. The Kier molecular flexibility index (Phi) is 6.51. The highest BCUT2D eigenvalue weighted by molar-refractivity contribution is 5.27. The van der Waals surface area contributed by atoms with E-state index in [4.69, 9.17) is 4.74 Å². The molecule has 0 aromatic heterocycles. The van der Waals surface area contributed by atoms with Crippen molar-refractivity contribution >= 4 is 0 Å². The molecule has 0 radical (unpaired) electrons. The lowest BCUT2D eigenvalue weighted by Crippen LogP contribution is -2.44. The Labute approximate surface area is 123 Å². The van der Waals surface area contributed by atoms with Crippen molar-refractivity contribution in [2.75, 3.05) is 32.8 Å². The maximum atomic E-state index is 5.60. The predicted molar refractivity (Wildman–Crippen MR) is 84.0 cm³/mol. The van der Waals surface area contributed by atoms with Crippen molar-refractivity contribution in [1.29, 1.82) is 0 Å². The van der Waals surface area contributed by atoms with Crippen LogP contribution in [0, 0.1) is 0 Å². The molecule has 1 atom stereocenters. The summed E-state index contributed by atoms with van der Waals surface area (Å²) in [5.74, 6) is 0. The van der Waals surface area contributed by atoms with Crippen LogP contribution in [0.15, 0.2) is 24.3 Å². The first kappa shape index (κ1) is 15.5. The minimum Gasteiger partial charge on any atom is -0.378 e. The van der Waals surface area contributed by atoms with Gasteiger partial charge in [-0.1, -0.05) is 38.1 Å². The van der Waals surface area contributed by atoms with E-state index in [0.717, 1.165) is 45.8 Å². The number of likely N-dealkylation sites (N-methyl/N-ethyl adjacent to an activating group) is 1. The lowest BCUT2D eigenvalue weighted by molar-refractivity contribution is -0.0128. The summed E-state index contributed by atoms with van der Waals surface area (Å²) in [7, 11) is 0. The van der Waals surface area contributed by atoms with Crippen molar-refractivity contribution in [1.82, 2.24) is 10.2 Å². The molecule has 20 heavy (non-hydrogen) atoms. The molecule has 0 spiro atoms. The van der Waals surface area contributed by atoms with Crippen LogP contribution in [0.1, 0.15) is 31.4 Å². The molecule has 0 bridgehead atoms.